The number of rotatable bonds is 1. The molecule has 2 N–H and O–H groups in total. The zero-order valence-electron chi connectivity index (χ0n) is 8.15. The zero-order chi connectivity index (χ0) is 10.1. The molecule has 0 aromatic carbocycles. The number of hydrogen-bond acceptors (Lipinski definition) is 3. The summed E-state index contributed by atoms with van der Waals surface area (Å²) in [6.07, 6.45) is 1.30. The second-order valence-corrected chi connectivity index (χ2v) is 1.81. The molecule has 0 spiro atoms. The Morgan fingerprint density at radius 2 is 2.50 bits per heavy atom. The summed E-state index contributed by atoms with van der Waals surface area (Å²) in [7, 11) is -1.80. The largest absolute Gasteiger partial charge is 0.490 e. The summed E-state index contributed by atoms with van der Waals surface area (Å²) in [6, 6.07) is 2.77. The van der Waals surface area contributed by atoms with Crippen LogP contribution in [-0.2, 0) is 0 Å². The monoisotopic (exact) mass is 140 g/mol. The Kier molecular flexibility index (Phi) is 1.15. The van der Waals surface area contributed by atoms with E-state index in [9.17, 15) is 0 Å². The summed E-state index contributed by atoms with van der Waals surface area (Å²) >= 11 is 0. The fraction of sp³-hybridized carbons (Fsp3) is 0.167. The van der Waals surface area contributed by atoms with Gasteiger partial charge in [-0.1, -0.05) is 6.07 Å². The van der Waals surface area contributed by atoms with Crippen molar-refractivity contribution < 1.29 is 14.2 Å². The predicted molar refractivity (Wildman–Crippen MR) is 38.8 cm³/mol. The van der Waals surface area contributed by atoms with Crippen LogP contribution in [0.2, 0.25) is 0 Å². The molecule has 0 aliphatic carbocycles. The Labute approximate surface area is 63.7 Å². The van der Waals surface area contributed by atoms with E-state index in [1.165, 1.54) is 18.3 Å². The van der Waals surface area contributed by atoms with Gasteiger partial charge in [0.1, 0.15) is 0 Å². The Morgan fingerprint density at radius 1 is 1.70 bits per heavy atom. The van der Waals surface area contributed by atoms with Crippen LogP contribution in [0.3, 0.4) is 0 Å². The Balaban J connectivity index is 3.20. The quantitative estimate of drug-likeness (QED) is 0.495. The van der Waals surface area contributed by atoms with Crippen LogP contribution in [0.5, 0.6) is 0 Å². The van der Waals surface area contributed by atoms with Crippen LogP contribution < -0.4 is 5.46 Å². The number of nitrogens with zero attached hydrogens (tertiary/aromatic N) is 1. The van der Waals surface area contributed by atoms with E-state index >= 15 is 0 Å². The third kappa shape index (κ3) is 1.34. The van der Waals surface area contributed by atoms with Gasteiger partial charge in [0.15, 0.2) is 0 Å². The van der Waals surface area contributed by atoms with Gasteiger partial charge in [-0.15, -0.1) is 0 Å². The lowest BCUT2D eigenvalue weighted by atomic mass is 9.79. The Morgan fingerprint density at radius 3 is 3.00 bits per heavy atom. The Hall–Kier alpha value is -0.865. The molecule has 1 aromatic heterocycles. The van der Waals surface area contributed by atoms with Crippen LogP contribution in [0.1, 0.15) is 9.81 Å². The molecule has 0 saturated carbocycles. The first-order valence-corrected chi connectivity index (χ1v) is 2.74. The zero-order valence-corrected chi connectivity index (χ0v) is 5.15. The maximum atomic E-state index is 8.83. The van der Waals surface area contributed by atoms with E-state index < -0.39 is 14.0 Å². The van der Waals surface area contributed by atoms with Gasteiger partial charge in [0.05, 0.1) is 0 Å². The summed E-state index contributed by atoms with van der Waals surface area (Å²) in [4.78, 5) is 3.59. The highest BCUT2D eigenvalue weighted by Gasteiger charge is 2.12. The average molecular weight is 140 g/mol. The van der Waals surface area contributed by atoms with E-state index in [1.807, 2.05) is 0 Å². The van der Waals surface area contributed by atoms with Crippen molar-refractivity contribution in [3.63, 3.8) is 0 Å². The van der Waals surface area contributed by atoms with Crippen molar-refractivity contribution in [3.05, 3.63) is 24.0 Å². The molecule has 1 rings (SSSR count). The van der Waals surface area contributed by atoms with Crippen molar-refractivity contribution in [1.82, 2.24) is 4.98 Å². The first kappa shape index (κ1) is 4.11. The molecule has 0 saturated heterocycles. The molecule has 0 aliphatic rings. The van der Waals surface area contributed by atoms with Crippen molar-refractivity contribution in [3.8, 4) is 0 Å². The number of aryl methyl sites for hydroxylation is 1. The Bertz CT molecular complexity index is 302. The number of pyridine rings is 1. The number of aromatic nitrogens is 1. The van der Waals surface area contributed by atoms with Crippen molar-refractivity contribution in [2.45, 2.75) is 6.85 Å². The molecular weight excluding hydrogens is 129 g/mol. The van der Waals surface area contributed by atoms with E-state index in [4.69, 9.17) is 14.2 Å². The smallest absolute Gasteiger partial charge is 0.423 e. The molecule has 52 valence electrons. The second kappa shape index (κ2) is 2.81. The maximum Gasteiger partial charge on any atom is 0.490 e. The molecular formula is C6H8BNO2. The molecule has 0 fully saturated rings. The minimum absolute atomic E-state index is 0.0810. The number of hydrogen-bond donors (Lipinski definition) is 2. The van der Waals surface area contributed by atoms with Crippen molar-refractivity contribution in [2.24, 2.45) is 0 Å². The first-order chi connectivity index (χ1) is 5.93. The van der Waals surface area contributed by atoms with Crippen LogP contribution in [0.15, 0.2) is 18.3 Å². The molecule has 0 amide bonds. The van der Waals surface area contributed by atoms with Gasteiger partial charge in [-0.2, -0.15) is 0 Å². The normalized spacial score (nSPS) is 15.2. The van der Waals surface area contributed by atoms with E-state index in [1.54, 1.807) is 0 Å². The van der Waals surface area contributed by atoms with Gasteiger partial charge >= 0.3 is 7.12 Å². The fourth-order valence-corrected chi connectivity index (χ4v) is 0.626. The topological polar surface area (TPSA) is 53.4 Å². The predicted octanol–water partition coefficient (Wildman–Crippen LogP) is -0.930. The van der Waals surface area contributed by atoms with Crippen LogP contribution in [0.25, 0.3) is 0 Å². The molecule has 10 heavy (non-hydrogen) atoms. The van der Waals surface area contributed by atoms with E-state index in [0.717, 1.165) is 0 Å². The lowest BCUT2D eigenvalue weighted by Gasteiger charge is -2.00. The molecule has 0 radical (unpaired) electrons. The van der Waals surface area contributed by atoms with Gasteiger partial charge < -0.3 is 10.0 Å². The minimum Gasteiger partial charge on any atom is -0.423 e. The van der Waals surface area contributed by atoms with E-state index in [0.29, 0.717) is 0 Å². The van der Waals surface area contributed by atoms with Crippen molar-refractivity contribution in [2.75, 3.05) is 0 Å². The average Bonchev–Trinajstić information content (AvgIpc) is 2.03. The summed E-state index contributed by atoms with van der Waals surface area (Å²) in [6.45, 7) is -2.42. The molecule has 0 bridgehead atoms. The van der Waals surface area contributed by atoms with Gasteiger partial charge in [0.2, 0.25) is 0 Å². The molecule has 4 heteroatoms. The van der Waals surface area contributed by atoms with E-state index in [2.05, 4.69) is 4.98 Å². The van der Waals surface area contributed by atoms with Gasteiger partial charge in [-0.25, -0.2) is 0 Å². The minimum atomic E-state index is -2.42. The maximum absolute atomic E-state index is 8.83. The molecule has 0 unspecified atom stereocenters. The highest BCUT2D eigenvalue weighted by Crippen LogP contribution is 1.87. The SMILES string of the molecule is [2H]C([2H])([2H])c1ncccc1B(O)O. The highest BCUT2D eigenvalue weighted by atomic mass is 16.4. The molecule has 3 nitrogen and oxygen atoms in total. The fourth-order valence-electron chi connectivity index (χ4n) is 0.626. The molecule has 1 aromatic rings. The molecule has 1 heterocycles. The third-order valence-corrected chi connectivity index (χ3v) is 1.12. The second-order valence-electron chi connectivity index (χ2n) is 1.81. The third-order valence-electron chi connectivity index (χ3n) is 1.12. The van der Waals surface area contributed by atoms with Crippen LogP contribution in [-0.4, -0.2) is 22.2 Å². The standard InChI is InChI=1S/C6H8BNO2/c1-5-6(7(9)10)3-2-4-8-5/h2-4,9-10H,1H3/i1D3. The summed E-state index contributed by atoms with van der Waals surface area (Å²) in [5, 5.41) is 17.7. The highest BCUT2D eigenvalue weighted by molar-refractivity contribution is 6.59. The van der Waals surface area contributed by atoms with Gasteiger partial charge in [-0.3, -0.25) is 4.98 Å². The molecule has 0 atom stereocenters. The van der Waals surface area contributed by atoms with Crippen molar-refractivity contribution in [1.29, 1.82) is 0 Å². The van der Waals surface area contributed by atoms with Crippen LogP contribution >= 0.6 is 0 Å². The van der Waals surface area contributed by atoms with Crippen LogP contribution in [0.4, 0.5) is 0 Å². The first-order valence-electron chi connectivity index (χ1n) is 4.24. The summed E-state index contributed by atoms with van der Waals surface area (Å²) < 4.78 is 21.2. The van der Waals surface area contributed by atoms with Gasteiger partial charge in [0.25, 0.3) is 0 Å². The van der Waals surface area contributed by atoms with Gasteiger partial charge in [-0.05, 0) is 12.9 Å². The van der Waals surface area contributed by atoms with Crippen LogP contribution in [0, 0.1) is 6.85 Å². The summed E-state index contributed by atoms with van der Waals surface area (Å²) in [5.74, 6) is 0. The molecule has 0 aliphatic heterocycles. The van der Waals surface area contributed by atoms with Gasteiger partial charge in [0, 0.05) is 21.5 Å². The summed E-state index contributed by atoms with van der Waals surface area (Å²) in [5.41, 5.74) is -0.354. The lowest BCUT2D eigenvalue weighted by Crippen LogP contribution is -2.32. The van der Waals surface area contributed by atoms with Crippen molar-refractivity contribution >= 4 is 12.6 Å². The lowest BCUT2D eigenvalue weighted by molar-refractivity contribution is 0.425. The van der Waals surface area contributed by atoms with E-state index in [-0.39, 0.29) is 11.2 Å².